The summed E-state index contributed by atoms with van der Waals surface area (Å²) in [6, 6.07) is 0. The van der Waals surface area contributed by atoms with Crippen molar-refractivity contribution in [3.63, 3.8) is 0 Å². The number of Topliss-reactive ketones (excluding diaryl/α,β-unsaturated/α-hetero) is 1. The van der Waals surface area contributed by atoms with Gasteiger partial charge in [0.05, 0.1) is 0 Å². The van der Waals surface area contributed by atoms with Crippen molar-refractivity contribution in [2.24, 2.45) is 57.2 Å². The highest BCUT2D eigenvalue weighted by Gasteiger charge is 2.72. The van der Waals surface area contributed by atoms with Gasteiger partial charge in [0.2, 0.25) is 0 Å². The van der Waals surface area contributed by atoms with Gasteiger partial charge in [0, 0.05) is 8.84 Å². The number of alkyl halides is 1. The van der Waals surface area contributed by atoms with Crippen molar-refractivity contribution in [2.75, 3.05) is 0 Å². The van der Waals surface area contributed by atoms with Crippen LogP contribution in [-0.4, -0.2) is 9.20 Å². The Bertz CT molecular complexity index is 859. The fraction of sp³-hybridized carbons (Fsp3) is 0.903. The van der Waals surface area contributed by atoms with Crippen LogP contribution in [0.5, 0.6) is 0 Å². The number of hydrogen-bond donors (Lipinski definition) is 0. The first-order chi connectivity index (χ1) is 15.3. The minimum Gasteiger partial charge on any atom is -0.299 e. The molecule has 33 heavy (non-hydrogen) atoms. The monoisotopic (exact) mass is 564 g/mol. The zero-order valence-electron chi connectivity index (χ0n) is 22.5. The molecule has 0 bridgehead atoms. The van der Waals surface area contributed by atoms with E-state index in [1.54, 1.807) is 0 Å². The molecule has 0 N–H and O–H groups in total. The van der Waals surface area contributed by atoms with E-state index < -0.39 is 0 Å². The van der Waals surface area contributed by atoms with Gasteiger partial charge in [0.15, 0.2) is 0 Å². The quantitative estimate of drug-likeness (QED) is 0.186. The van der Waals surface area contributed by atoms with Crippen LogP contribution in [0, 0.1) is 57.2 Å². The van der Waals surface area contributed by atoms with E-state index in [9.17, 15) is 4.79 Å². The van der Waals surface area contributed by atoms with Crippen LogP contribution in [0.15, 0.2) is 12.2 Å². The number of hydrogen-bond acceptors (Lipinski definition) is 1. The van der Waals surface area contributed by atoms with Gasteiger partial charge in [-0.15, -0.1) is 0 Å². The van der Waals surface area contributed by atoms with E-state index in [0.29, 0.717) is 43.2 Å². The molecular weight excluding hydrogens is 515 g/mol. The average molecular weight is 565 g/mol. The molecule has 0 saturated heterocycles. The molecule has 0 aromatic carbocycles. The fourth-order valence-corrected chi connectivity index (χ4v) is 13.1. The third kappa shape index (κ3) is 2.97. The Balaban J connectivity index is 1.57. The molecule has 10 atom stereocenters. The maximum Gasteiger partial charge on any atom is 0.136 e. The van der Waals surface area contributed by atoms with E-state index in [0.717, 1.165) is 30.6 Å². The predicted molar refractivity (Wildman–Crippen MR) is 147 cm³/mol. The van der Waals surface area contributed by atoms with E-state index in [1.165, 1.54) is 56.9 Å². The minimum atomic E-state index is -0.0600. The molecule has 0 aliphatic heterocycles. The summed E-state index contributed by atoms with van der Waals surface area (Å²) in [5.74, 6) is 4.78. The molecule has 5 aliphatic carbocycles. The van der Waals surface area contributed by atoms with Gasteiger partial charge in [-0.05, 0) is 130 Å². The Kier molecular flexibility index (Phi) is 5.70. The van der Waals surface area contributed by atoms with Crippen molar-refractivity contribution in [3.05, 3.63) is 12.2 Å². The summed E-state index contributed by atoms with van der Waals surface area (Å²) < 4.78 is 0.330. The van der Waals surface area contributed by atoms with Crippen molar-refractivity contribution in [1.29, 1.82) is 0 Å². The van der Waals surface area contributed by atoms with Crippen LogP contribution in [0.25, 0.3) is 0 Å². The van der Waals surface area contributed by atoms with Crippen LogP contribution >= 0.6 is 22.6 Å². The Morgan fingerprint density at radius 1 is 0.848 bits per heavy atom. The normalized spacial score (nSPS) is 55.0. The van der Waals surface area contributed by atoms with E-state index in [-0.39, 0.29) is 5.41 Å². The molecule has 0 aromatic rings. The lowest BCUT2D eigenvalue weighted by molar-refractivity contribution is -0.191. The third-order valence-electron chi connectivity index (χ3n) is 13.6. The SMILES string of the molecule is C=C(C)C1CCC2(C(C)=O)CCC3(I)C(CCC4C5(C)CCC(C)C(C)(C)C5CCC43C)C12. The van der Waals surface area contributed by atoms with Crippen molar-refractivity contribution >= 4 is 28.4 Å². The highest BCUT2D eigenvalue weighted by molar-refractivity contribution is 14.1. The van der Waals surface area contributed by atoms with Gasteiger partial charge in [0.1, 0.15) is 5.78 Å². The first kappa shape index (κ1) is 24.8. The Morgan fingerprint density at radius 3 is 2.18 bits per heavy atom. The second kappa shape index (κ2) is 7.58. The minimum absolute atomic E-state index is 0.0600. The van der Waals surface area contributed by atoms with Gasteiger partial charge in [-0.3, -0.25) is 4.79 Å². The lowest BCUT2D eigenvalue weighted by atomic mass is 9.35. The smallest absolute Gasteiger partial charge is 0.136 e. The average Bonchev–Trinajstić information content (AvgIpc) is 3.13. The molecule has 1 nitrogen and oxygen atoms in total. The standard InChI is InChI=1S/C31H49IO/c1-19(2)22-12-16-30(21(4)33)17-18-31(32)23(26(22)30)9-10-25-28(7)14-11-20(3)27(5,6)24(28)13-15-29(25,31)8/h20,22-26H,1,9-18H2,2-8H3. The summed E-state index contributed by atoms with van der Waals surface area (Å²) >= 11 is 3.00. The number of halogens is 1. The molecule has 0 aromatic heterocycles. The van der Waals surface area contributed by atoms with Crippen LogP contribution in [-0.2, 0) is 4.79 Å². The van der Waals surface area contributed by atoms with Gasteiger partial charge in [-0.2, -0.15) is 0 Å². The molecule has 0 amide bonds. The van der Waals surface area contributed by atoms with Crippen molar-refractivity contribution in [3.8, 4) is 0 Å². The van der Waals surface area contributed by atoms with Gasteiger partial charge in [0.25, 0.3) is 0 Å². The number of rotatable bonds is 2. The third-order valence-corrected chi connectivity index (χ3v) is 16.1. The van der Waals surface area contributed by atoms with Crippen LogP contribution in [0.4, 0.5) is 0 Å². The Labute approximate surface area is 217 Å². The highest BCUT2D eigenvalue weighted by Crippen LogP contribution is 2.77. The van der Waals surface area contributed by atoms with Crippen LogP contribution < -0.4 is 0 Å². The largest absolute Gasteiger partial charge is 0.299 e. The maximum absolute atomic E-state index is 13.2. The van der Waals surface area contributed by atoms with Crippen molar-refractivity contribution < 1.29 is 4.79 Å². The number of carbonyl (C=O) groups excluding carboxylic acids is 1. The van der Waals surface area contributed by atoms with Crippen LogP contribution in [0.1, 0.15) is 113 Å². The molecule has 5 rings (SSSR count). The number of allylic oxidation sites excluding steroid dienone is 1. The maximum atomic E-state index is 13.2. The predicted octanol–water partition coefficient (Wildman–Crippen LogP) is 9.04. The highest BCUT2D eigenvalue weighted by atomic mass is 127. The summed E-state index contributed by atoms with van der Waals surface area (Å²) in [6.45, 7) is 21.7. The molecule has 5 aliphatic rings. The fourth-order valence-electron chi connectivity index (χ4n) is 11.5. The molecule has 186 valence electrons. The molecule has 0 heterocycles. The lowest BCUT2D eigenvalue weighted by Gasteiger charge is -2.72. The molecule has 5 saturated carbocycles. The summed E-state index contributed by atoms with van der Waals surface area (Å²) in [6.07, 6.45) is 13.0. The number of fused-ring (bicyclic) bond motifs is 7. The van der Waals surface area contributed by atoms with Gasteiger partial charge >= 0.3 is 0 Å². The van der Waals surface area contributed by atoms with Crippen molar-refractivity contribution in [1.82, 2.24) is 0 Å². The van der Waals surface area contributed by atoms with Crippen molar-refractivity contribution in [2.45, 2.75) is 116 Å². The summed E-state index contributed by atoms with van der Waals surface area (Å²) in [7, 11) is 0. The van der Waals surface area contributed by atoms with Gasteiger partial charge in [-0.1, -0.05) is 69.4 Å². The number of carbonyl (C=O) groups is 1. The van der Waals surface area contributed by atoms with E-state index in [1.807, 2.05) is 6.92 Å². The van der Waals surface area contributed by atoms with Crippen LogP contribution in [0.2, 0.25) is 0 Å². The summed E-state index contributed by atoms with van der Waals surface area (Å²) in [5.41, 5.74) is 2.61. The first-order valence-corrected chi connectivity index (χ1v) is 15.2. The molecule has 2 heteroatoms. The molecular formula is C31H49IO. The Morgan fingerprint density at radius 2 is 1.55 bits per heavy atom. The molecule has 0 radical (unpaired) electrons. The second-order valence-electron chi connectivity index (χ2n) is 14.6. The van der Waals surface area contributed by atoms with Crippen LogP contribution in [0.3, 0.4) is 0 Å². The van der Waals surface area contributed by atoms with E-state index >= 15 is 0 Å². The molecule has 0 spiro atoms. The summed E-state index contributed by atoms with van der Waals surface area (Å²) in [5, 5.41) is 0. The zero-order chi connectivity index (χ0) is 24.2. The zero-order valence-corrected chi connectivity index (χ0v) is 24.7. The first-order valence-electron chi connectivity index (χ1n) is 14.1. The van der Waals surface area contributed by atoms with Gasteiger partial charge < -0.3 is 0 Å². The van der Waals surface area contributed by atoms with E-state index in [4.69, 9.17) is 0 Å². The van der Waals surface area contributed by atoms with E-state index in [2.05, 4.69) is 70.7 Å². The second-order valence-corrected chi connectivity index (χ2v) is 16.5. The number of ketones is 1. The lowest BCUT2D eigenvalue weighted by Crippen LogP contribution is -2.68. The van der Waals surface area contributed by atoms with Gasteiger partial charge in [-0.25, -0.2) is 0 Å². The topological polar surface area (TPSA) is 17.1 Å². The Hall–Kier alpha value is 0.140. The molecule has 5 fully saturated rings. The summed E-state index contributed by atoms with van der Waals surface area (Å²) in [4.78, 5) is 13.2. The molecule has 10 unspecified atom stereocenters.